The molecule has 2 aromatic heterocycles. The smallest absolute Gasteiger partial charge is 0.143 e. The Morgan fingerprint density at radius 1 is 0.367 bits per heavy atom. The normalized spacial score (nSPS) is 11.7. The van der Waals surface area contributed by atoms with E-state index in [1.807, 2.05) is 11.3 Å². The maximum Gasteiger partial charge on any atom is 0.143 e. The first-order valence-corrected chi connectivity index (χ1v) is 17.4. The van der Waals surface area contributed by atoms with Crippen LogP contribution in [0.2, 0.25) is 0 Å². The van der Waals surface area contributed by atoms with Gasteiger partial charge in [0.05, 0.1) is 21.8 Å². The SMILES string of the molecule is c1ccc(-c2ccccc2N(c2ccccc2-c2cccc3c2oc2c4ccccc4ccc32)c2cccc3c2sc2ccccc23)cc1. The third kappa shape index (κ3) is 4.40. The molecule has 0 bridgehead atoms. The zero-order chi connectivity index (χ0) is 32.3. The number of benzene rings is 8. The topological polar surface area (TPSA) is 16.4 Å². The van der Waals surface area contributed by atoms with Crippen molar-refractivity contribution in [3.8, 4) is 22.3 Å². The van der Waals surface area contributed by atoms with Crippen molar-refractivity contribution in [3.05, 3.63) is 176 Å². The molecule has 0 unspecified atom stereocenters. The Kier molecular flexibility index (Phi) is 6.39. The van der Waals surface area contributed by atoms with Crippen molar-refractivity contribution >= 4 is 81.3 Å². The van der Waals surface area contributed by atoms with Crippen molar-refractivity contribution < 1.29 is 4.42 Å². The zero-order valence-electron chi connectivity index (χ0n) is 26.5. The number of para-hydroxylation sites is 3. The van der Waals surface area contributed by atoms with Gasteiger partial charge in [-0.25, -0.2) is 0 Å². The highest BCUT2D eigenvalue weighted by atomic mass is 32.1. The van der Waals surface area contributed by atoms with E-state index in [4.69, 9.17) is 4.42 Å². The second-order valence-electron chi connectivity index (χ2n) is 12.4. The molecule has 0 amide bonds. The molecule has 0 saturated heterocycles. The lowest BCUT2D eigenvalue weighted by atomic mass is 9.97. The number of anilines is 3. The van der Waals surface area contributed by atoms with Gasteiger partial charge in [-0.1, -0.05) is 146 Å². The fourth-order valence-electron chi connectivity index (χ4n) is 7.46. The summed E-state index contributed by atoms with van der Waals surface area (Å²) in [5.41, 5.74) is 9.72. The van der Waals surface area contributed by atoms with E-state index in [2.05, 4.69) is 181 Å². The molecular formula is C46H29NOS. The van der Waals surface area contributed by atoms with Crippen LogP contribution in [-0.4, -0.2) is 0 Å². The molecule has 2 heterocycles. The Balaban J connectivity index is 1.28. The molecule has 0 aliphatic rings. The van der Waals surface area contributed by atoms with Crippen LogP contribution in [-0.2, 0) is 0 Å². The predicted octanol–water partition coefficient (Wildman–Crippen LogP) is 13.9. The van der Waals surface area contributed by atoms with Crippen molar-refractivity contribution in [3.63, 3.8) is 0 Å². The maximum atomic E-state index is 6.88. The van der Waals surface area contributed by atoms with Gasteiger partial charge in [0.1, 0.15) is 11.2 Å². The lowest BCUT2D eigenvalue weighted by Crippen LogP contribution is -2.12. The van der Waals surface area contributed by atoms with E-state index in [1.165, 1.54) is 36.7 Å². The van der Waals surface area contributed by atoms with Crippen molar-refractivity contribution in [2.75, 3.05) is 4.90 Å². The summed E-state index contributed by atoms with van der Waals surface area (Å²) in [5.74, 6) is 0. The van der Waals surface area contributed by atoms with E-state index in [1.54, 1.807) is 0 Å². The van der Waals surface area contributed by atoms with Crippen LogP contribution in [0.5, 0.6) is 0 Å². The first kappa shape index (κ1) is 27.9. The summed E-state index contributed by atoms with van der Waals surface area (Å²) in [7, 11) is 0. The summed E-state index contributed by atoms with van der Waals surface area (Å²) in [5, 5.41) is 7.11. The summed E-state index contributed by atoms with van der Waals surface area (Å²) in [4.78, 5) is 2.46. The molecular weight excluding hydrogens is 615 g/mol. The van der Waals surface area contributed by atoms with Gasteiger partial charge in [-0.05, 0) is 41.3 Å². The third-order valence-corrected chi connectivity index (χ3v) is 10.9. The molecule has 10 aromatic rings. The van der Waals surface area contributed by atoms with E-state index in [0.717, 1.165) is 55.5 Å². The molecule has 3 heteroatoms. The molecule has 0 atom stereocenters. The average Bonchev–Trinajstić information content (AvgIpc) is 3.75. The Morgan fingerprint density at radius 3 is 1.84 bits per heavy atom. The first-order chi connectivity index (χ1) is 24.3. The van der Waals surface area contributed by atoms with Gasteiger partial charge in [0, 0.05) is 48.3 Å². The van der Waals surface area contributed by atoms with Crippen LogP contribution in [0.25, 0.3) is 75.1 Å². The van der Waals surface area contributed by atoms with Crippen molar-refractivity contribution in [2.45, 2.75) is 0 Å². The van der Waals surface area contributed by atoms with Gasteiger partial charge in [0.25, 0.3) is 0 Å². The quantitative estimate of drug-likeness (QED) is 0.186. The number of hydrogen-bond donors (Lipinski definition) is 0. The minimum absolute atomic E-state index is 0.901. The van der Waals surface area contributed by atoms with E-state index < -0.39 is 0 Å². The number of rotatable bonds is 5. The molecule has 8 aromatic carbocycles. The van der Waals surface area contributed by atoms with Gasteiger partial charge in [-0.3, -0.25) is 0 Å². The fourth-order valence-corrected chi connectivity index (χ4v) is 8.67. The van der Waals surface area contributed by atoms with Gasteiger partial charge in [0.15, 0.2) is 0 Å². The van der Waals surface area contributed by atoms with Gasteiger partial charge in [0.2, 0.25) is 0 Å². The second-order valence-corrected chi connectivity index (χ2v) is 13.5. The molecule has 0 fully saturated rings. The Hall–Kier alpha value is -6.16. The summed E-state index contributed by atoms with van der Waals surface area (Å²) < 4.78 is 9.43. The molecule has 2 nitrogen and oxygen atoms in total. The van der Waals surface area contributed by atoms with Gasteiger partial charge >= 0.3 is 0 Å². The van der Waals surface area contributed by atoms with Crippen LogP contribution in [0, 0.1) is 0 Å². The van der Waals surface area contributed by atoms with Crippen LogP contribution in [0.1, 0.15) is 0 Å². The summed E-state index contributed by atoms with van der Waals surface area (Å²) >= 11 is 1.86. The summed E-state index contributed by atoms with van der Waals surface area (Å²) in [6, 6.07) is 63.1. The molecule has 0 spiro atoms. The van der Waals surface area contributed by atoms with E-state index in [9.17, 15) is 0 Å². The molecule has 0 aliphatic heterocycles. The number of furan rings is 1. The third-order valence-electron chi connectivity index (χ3n) is 9.68. The number of thiophene rings is 1. The van der Waals surface area contributed by atoms with Crippen LogP contribution in [0.4, 0.5) is 17.1 Å². The Labute approximate surface area is 287 Å². The second kappa shape index (κ2) is 11.2. The predicted molar refractivity (Wildman–Crippen MR) is 210 cm³/mol. The highest BCUT2D eigenvalue weighted by molar-refractivity contribution is 7.26. The van der Waals surface area contributed by atoms with Crippen molar-refractivity contribution in [2.24, 2.45) is 0 Å². The van der Waals surface area contributed by atoms with Gasteiger partial charge in [-0.2, -0.15) is 0 Å². The van der Waals surface area contributed by atoms with Crippen LogP contribution in [0.15, 0.2) is 180 Å². The zero-order valence-corrected chi connectivity index (χ0v) is 27.3. The maximum absolute atomic E-state index is 6.88. The Morgan fingerprint density at radius 2 is 0.959 bits per heavy atom. The van der Waals surface area contributed by atoms with E-state index in [-0.39, 0.29) is 0 Å². The van der Waals surface area contributed by atoms with Crippen LogP contribution >= 0.6 is 11.3 Å². The van der Waals surface area contributed by atoms with E-state index in [0.29, 0.717) is 0 Å². The monoisotopic (exact) mass is 643 g/mol. The van der Waals surface area contributed by atoms with Crippen molar-refractivity contribution in [1.29, 1.82) is 0 Å². The number of fused-ring (bicyclic) bond motifs is 8. The average molecular weight is 644 g/mol. The highest BCUT2D eigenvalue weighted by Gasteiger charge is 2.24. The van der Waals surface area contributed by atoms with Gasteiger partial charge < -0.3 is 9.32 Å². The fraction of sp³-hybridized carbons (Fsp3) is 0. The molecule has 0 N–H and O–H groups in total. The summed E-state index contributed by atoms with van der Waals surface area (Å²) in [6.07, 6.45) is 0. The summed E-state index contributed by atoms with van der Waals surface area (Å²) in [6.45, 7) is 0. The van der Waals surface area contributed by atoms with E-state index >= 15 is 0 Å². The minimum Gasteiger partial charge on any atom is -0.455 e. The lowest BCUT2D eigenvalue weighted by molar-refractivity contribution is 0.674. The van der Waals surface area contributed by atoms with Crippen LogP contribution < -0.4 is 4.90 Å². The van der Waals surface area contributed by atoms with Crippen LogP contribution in [0.3, 0.4) is 0 Å². The van der Waals surface area contributed by atoms with Gasteiger partial charge in [-0.15, -0.1) is 11.3 Å². The minimum atomic E-state index is 0.901. The largest absolute Gasteiger partial charge is 0.455 e. The standard InChI is InChI=1S/C46H29NOS/c1-2-14-30(15-3-1)32-17-6-9-24-40(32)47(42-26-13-23-39-35-20-8-11-27-43(35)49-46(39)42)41-25-10-7-19-34(41)36-21-12-22-37-38-29-28-31-16-4-5-18-33(31)44(38)48-45(36)37/h1-29H. The molecule has 10 rings (SSSR count). The highest BCUT2D eigenvalue weighted by Crippen LogP contribution is 2.50. The Bertz CT molecular complexity index is 2840. The molecule has 0 aliphatic carbocycles. The molecule has 230 valence electrons. The molecule has 49 heavy (non-hydrogen) atoms. The molecule has 0 radical (unpaired) electrons. The lowest BCUT2D eigenvalue weighted by Gasteiger charge is -2.30. The number of hydrogen-bond acceptors (Lipinski definition) is 3. The number of nitrogens with zero attached hydrogens (tertiary/aromatic N) is 1. The molecule has 0 saturated carbocycles. The van der Waals surface area contributed by atoms with Crippen molar-refractivity contribution in [1.82, 2.24) is 0 Å². The first-order valence-electron chi connectivity index (χ1n) is 16.6.